The number of nitrogens with one attached hydrogen (secondary N) is 1. The van der Waals surface area contributed by atoms with Crippen molar-refractivity contribution in [2.45, 2.75) is 6.92 Å². The van der Waals surface area contributed by atoms with Gasteiger partial charge in [0.05, 0.1) is 11.3 Å². The second-order valence-corrected chi connectivity index (χ2v) is 5.18. The third-order valence-corrected chi connectivity index (χ3v) is 3.29. The Labute approximate surface area is 128 Å². The fourth-order valence-corrected chi connectivity index (χ4v) is 1.89. The van der Waals surface area contributed by atoms with Crippen molar-refractivity contribution in [1.29, 1.82) is 0 Å². The minimum Gasteiger partial charge on any atom is -0.267 e. The lowest BCUT2D eigenvalue weighted by Gasteiger charge is -2.04. The lowest BCUT2D eigenvalue weighted by molar-refractivity contribution is 0.0950. The molecule has 1 N–H and O–H groups in total. The number of halogens is 3. The van der Waals surface area contributed by atoms with Crippen molar-refractivity contribution in [2.24, 2.45) is 5.10 Å². The summed E-state index contributed by atoms with van der Waals surface area (Å²) in [6.45, 7) is 1.70. The first-order valence-corrected chi connectivity index (χ1v) is 6.82. The van der Waals surface area contributed by atoms with Gasteiger partial charge >= 0.3 is 0 Å². The van der Waals surface area contributed by atoms with Crippen LogP contribution in [0.5, 0.6) is 0 Å². The summed E-state index contributed by atoms with van der Waals surface area (Å²) in [4.78, 5) is 11.8. The van der Waals surface area contributed by atoms with Crippen LogP contribution < -0.4 is 5.43 Å². The smallest absolute Gasteiger partial charge is 0.267 e. The molecule has 2 aromatic rings. The number of nitrogens with zero attached hydrogens (tertiary/aromatic N) is 1. The highest BCUT2D eigenvalue weighted by molar-refractivity contribution is 9.10. The molecular formula is C15H11BrF2N2O. The predicted molar refractivity (Wildman–Crippen MR) is 80.2 cm³/mol. The maximum atomic E-state index is 13.4. The molecule has 0 fully saturated rings. The van der Waals surface area contributed by atoms with Gasteiger partial charge in [0.15, 0.2) is 0 Å². The SMILES string of the molecule is C/C(=N/NC(=O)c1cc(F)ccc1F)c1ccc(Br)cc1. The van der Waals surface area contributed by atoms with Crippen LogP contribution in [0.4, 0.5) is 8.78 Å². The summed E-state index contributed by atoms with van der Waals surface area (Å²) in [6.07, 6.45) is 0. The van der Waals surface area contributed by atoms with Crippen LogP contribution in [0.15, 0.2) is 52.0 Å². The number of amides is 1. The van der Waals surface area contributed by atoms with E-state index in [9.17, 15) is 13.6 Å². The van der Waals surface area contributed by atoms with E-state index in [4.69, 9.17) is 0 Å². The monoisotopic (exact) mass is 352 g/mol. The highest BCUT2D eigenvalue weighted by Gasteiger charge is 2.12. The van der Waals surface area contributed by atoms with Gasteiger partial charge in [0.2, 0.25) is 0 Å². The van der Waals surface area contributed by atoms with Gasteiger partial charge in [-0.3, -0.25) is 4.79 Å². The van der Waals surface area contributed by atoms with Crippen molar-refractivity contribution in [2.75, 3.05) is 0 Å². The van der Waals surface area contributed by atoms with E-state index in [1.165, 1.54) is 0 Å². The van der Waals surface area contributed by atoms with Gasteiger partial charge in [0, 0.05) is 4.47 Å². The van der Waals surface area contributed by atoms with Crippen LogP contribution in [0.3, 0.4) is 0 Å². The van der Waals surface area contributed by atoms with E-state index in [1.807, 2.05) is 24.3 Å². The summed E-state index contributed by atoms with van der Waals surface area (Å²) >= 11 is 3.32. The summed E-state index contributed by atoms with van der Waals surface area (Å²) in [5.74, 6) is -2.29. The summed E-state index contributed by atoms with van der Waals surface area (Å²) < 4.78 is 27.4. The molecule has 2 aromatic carbocycles. The van der Waals surface area contributed by atoms with Gasteiger partial charge in [-0.25, -0.2) is 14.2 Å². The van der Waals surface area contributed by atoms with Crippen molar-refractivity contribution >= 4 is 27.5 Å². The van der Waals surface area contributed by atoms with E-state index >= 15 is 0 Å². The molecule has 0 atom stereocenters. The van der Waals surface area contributed by atoms with Gasteiger partial charge in [-0.2, -0.15) is 5.10 Å². The van der Waals surface area contributed by atoms with Crippen LogP contribution in [0.2, 0.25) is 0 Å². The molecule has 0 saturated carbocycles. The minimum atomic E-state index is -0.802. The maximum Gasteiger partial charge on any atom is 0.274 e. The molecule has 0 aliphatic carbocycles. The number of carbonyl (C=O) groups excluding carboxylic acids is 1. The lowest BCUT2D eigenvalue weighted by atomic mass is 10.1. The van der Waals surface area contributed by atoms with E-state index in [-0.39, 0.29) is 5.56 Å². The van der Waals surface area contributed by atoms with Gasteiger partial charge in [-0.15, -0.1) is 0 Å². The fourth-order valence-electron chi connectivity index (χ4n) is 1.62. The Morgan fingerprint density at radius 1 is 1.14 bits per heavy atom. The van der Waals surface area contributed by atoms with Crippen LogP contribution in [-0.2, 0) is 0 Å². The summed E-state index contributed by atoms with van der Waals surface area (Å²) in [6, 6.07) is 9.98. The number of carbonyl (C=O) groups is 1. The third kappa shape index (κ3) is 3.95. The average molecular weight is 353 g/mol. The van der Waals surface area contributed by atoms with E-state index < -0.39 is 17.5 Å². The standard InChI is InChI=1S/C15H11BrF2N2O/c1-9(10-2-4-11(16)5-3-10)19-20-15(21)13-8-12(17)6-7-14(13)18/h2-8H,1H3,(H,20,21)/b19-9-. The first-order valence-electron chi connectivity index (χ1n) is 6.03. The second kappa shape index (κ2) is 6.58. The largest absolute Gasteiger partial charge is 0.274 e. The number of hydrogen-bond donors (Lipinski definition) is 1. The molecule has 21 heavy (non-hydrogen) atoms. The zero-order chi connectivity index (χ0) is 15.4. The van der Waals surface area contributed by atoms with Crippen LogP contribution in [0, 0.1) is 11.6 Å². The van der Waals surface area contributed by atoms with Crippen molar-refractivity contribution in [3.63, 3.8) is 0 Å². The van der Waals surface area contributed by atoms with Crippen LogP contribution in [0.25, 0.3) is 0 Å². The van der Waals surface area contributed by atoms with Crippen LogP contribution in [0.1, 0.15) is 22.8 Å². The topological polar surface area (TPSA) is 41.5 Å². The average Bonchev–Trinajstić information content (AvgIpc) is 2.47. The van der Waals surface area contributed by atoms with Crippen molar-refractivity contribution in [1.82, 2.24) is 5.43 Å². The molecule has 0 unspecified atom stereocenters. The molecule has 0 spiro atoms. The number of benzene rings is 2. The second-order valence-electron chi connectivity index (χ2n) is 4.27. The van der Waals surface area contributed by atoms with E-state index in [0.717, 1.165) is 28.2 Å². The molecule has 0 aromatic heterocycles. The number of rotatable bonds is 3. The maximum absolute atomic E-state index is 13.4. The Morgan fingerprint density at radius 2 is 1.81 bits per heavy atom. The number of hydrogen-bond acceptors (Lipinski definition) is 2. The fraction of sp³-hybridized carbons (Fsp3) is 0.0667. The third-order valence-electron chi connectivity index (χ3n) is 2.76. The van der Waals surface area contributed by atoms with Gasteiger partial charge in [-0.05, 0) is 42.8 Å². The van der Waals surface area contributed by atoms with Gasteiger partial charge in [-0.1, -0.05) is 28.1 Å². The molecular weight excluding hydrogens is 342 g/mol. The van der Waals surface area contributed by atoms with Gasteiger partial charge in [0.25, 0.3) is 5.91 Å². The Bertz CT molecular complexity index is 699. The molecule has 0 aliphatic heterocycles. The Hall–Kier alpha value is -2.08. The van der Waals surface area contributed by atoms with Crippen molar-refractivity contribution < 1.29 is 13.6 Å². The first kappa shape index (κ1) is 15.3. The van der Waals surface area contributed by atoms with E-state index in [2.05, 4.69) is 26.5 Å². The highest BCUT2D eigenvalue weighted by atomic mass is 79.9. The normalized spacial score (nSPS) is 11.3. The zero-order valence-corrected chi connectivity index (χ0v) is 12.6. The lowest BCUT2D eigenvalue weighted by Crippen LogP contribution is -2.20. The molecule has 2 rings (SSSR count). The zero-order valence-electron chi connectivity index (χ0n) is 11.0. The van der Waals surface area contributed by atoms with E-state index in [0.29, 0.717) is 5.71 Å². The molecule has 0 radical (unpaired) electrons. The van der Waals surface area contributed by atoms with Crippen molar-refractivity contribution in [3.8, 4) is 0 Å². The molecule has 0 saturated heterocycles. The molecule has 108 valence electrons. The van der Waals surface area contributed by atoms with Crippen LogP contribution >= 0.6 is 15.9 Å². The molecule has 1 amide bonds. The molecule has 0 bridgehead atoms. The Morgan fingerprint density at radius 3 is 2.48 bits per heavy atom. The number of hydrazone groups is 1. The van der Waals surface area contributed by atoms with Gasteiger partial charge < -0.3 is 0 Å². The van der Waals surface area contributed by atoms with Crippen molar-refractivity contribution in [3.05, 3.63) is 69.7 Å². The molecule has 6 heteroatoms. The first-order chi connectivity index (χ1) is 9.97. The summed E-state index contributed by atoms with van der Waals surface area (Å²) in [5, 5.41) is 3.88. The summed E-state index contributed by atoms with van der Waals surface area (Å²) in [7, 11) is 0. The Balaban J connectivity index is 2.14. The van der Waals surface area contributed by atoms with E-state index in [1.54, 1.807) is 6.92 Å². The van der Waals surface area contributed by atoms with Gasteiger partial charge in [0.1, 0.15) is 11.6 Å². The Kier molecular flexibility index (Phi) is 4.80. The minimum absolute atomic E-state index is 0.387. The predicted octanol–water partition coefficient (Wildman–Crippen LogP) is 3.88. The van der Waals surface area contributed by atoms with Crippen LogP contribution in [-0.4, -0.2) is 11.6 Å². The molecule has 0 aliphatic rings. The summed E-state index contributed by atoms with van der Waals surface area (Å²) in [5.41, 5.74) is 3.18. The molecule has 3 nitrogen and oxygen atoms in total. The highest BCUT2D eigenvalue weighted by Crippen LogP contribution is 2.12. The molecule has 0 heterocycles. The quantitative estimate of drug-likeness (QED) is 0.660.